The Kier molecular flexibility index (Phi) is 9.50. The minimum absolute atomic E-state index is 0.180. The number of hydrogen-bond donors (Lipinski definition) is 1. The van der Waals surface area contributed by atoms with Crippen LogP contribution in [0.1, 0.15) is 33.6 Å². The maximum Gasteiger partial charge on any atom is 0.254 e. The van der Waals surface area contributed by atoms with E-state index in [1.807, 2.05) is 20.8 Å². The van der Waals surface area contributed by atoms with Crippen molar-refractivity contribution >= 4 is 18.1 Å². The number of likely N-dealkylation sites (N-methyl/N-ethyl adjacent to an activating group) is 1. The smallest absolute Gasteiger partial charge is 0.254 e. The molecule has 0 radical (unpaired) electrons. The molecule has 22 heavy (non-hydrogen) atoms. The van der Waals surface area contributed by atoms with Crippen LogP contribution < -0.4 is 5.32 Å². The van der Waals surface area contributed by atoms with Crippen molar-refractivity contribution in [3.63, 3.8) is 0 Å². The number of carbonyl (C=O) groups is 3. The quantitative estimate of drug-likeness (QED) is 0.578. The molecule has 1 rings (SSSR count). The molecule has 5 heteroatoms. The van der Waals surface area contributed by atoms with E-state index in [0.717, 1.165) is 11.9 Å². The molecule has 0 aliphatic carbocycles. The Bertz CT molecular complexity index is 478. The average Bonchev–Trinajstić information content (AvgIpc) is 2.82. The second kappa shape index (κ2) is 10.5. The summed E-state index contributed by atoms with van der Waals surface area (Å²) in [6, 6.07) is -0.609. The summed E-state index contributed by atoms with van der Waals surface area (Å²) >= 11 is 0. The zero-order chi connectivity index (χ0) is 17.1. The molecule has 0 saturated heterocycles. The molecule has 0 bridgehead atoms. The molecule has 1 heterocycles. The lowest BCUT2D eigenvalue weighted by Crippen LogP contribution is -2.47. The summed E-state index contributed by atoms with van der Waals surface area (Å²) in [5, 5.41) is 2.54. The number of allylic oxidation sites excluding steroid dienone is 2. The summed E-state index contributed by atoms with van der Waals surface area (Å²) in [5.41, 5.74) is 1.50. The molecule has 0 aromatic rings. The Balaban J connectivity index is 0.00000211. The second-order valence-corrected chi connectivity index (χ2v) is 4.60. The largest absolute Gasteiger partial charge is 0.357 e. The van der Waals surface area contributed by atoms with Crippen molar-refractivity contribution in [3.8, 4) is 0 Å². The van der Waals surface area contributed by atoms with Crippen LogP contribution in [0, 0.1) is 0 Å². The van der Waals surface area contributed by atoms with Gasteiger partial charge in [-0.2, -0.15) is 0 Å². The van der Waals surface area contributed by atoms with Gasteiger partial charge in [0.05, 0.1) is 0 Å². The number of rotatable bonds is 7. The Hall–Kier alpha value is -2.17. The van der Waals surface area contributed by atoms with E-state index in [1.165, 1.54) is 11.9 Å². The Labute approximate surface area is 132 Å². The summed E-state index contributed by atoms with van der Waals surface area (Å²) in [4.78, 5) is 36.3. The molecule has 1 N–H and O–H groups in total. The van der Waals surface area contributed by atoms with Crippen LogP contribution in [0.15, 0.2) is 36.0 Å². The van der Waals surface area contributed by atoms with Gasteiger partial charge in [0.15, 0.2) is 0 Å². The first-order valence-corrected chi connectivity index (χ1v) is 7.51. The monoisotopic (exact) mass is 306 g/mol. The van der Waals surface area contributed by atoms with Gasteiger partial charge in [0, 0.05) is 25.6 Å². The SMILES string of the molecule is C=C/C=C\C1=C(C)CN(C(CCC=O)C(=O)NC)C1=O.CC. The maximum atomic E-state index is 12.4. The highest BCUT2D eigenvalue weighted by atomic mass is 16.2. The van der Waals surface area contributed by atoms with E-state index in [9.17, 15) is 14.4 Å². The number of hydrogen-bond acceptors (Lipinski definition) is 3. The molecule has 1 aliphatic heterocycles. The fraction of sp³-hybridized carbons (Fsp3) is 0.471. The number of carbonyl (C=O) groups excluding carboxylic acids is 3. The Morgan fingerprint density at radius 2 is 2.09 bits per heavy atom. The van der Waals surface area contributed by atoms with Crippen LogP contribution in [0.4, 0.5) is 0 Å². The third-order valence-corrected chi connectivity index (χ3v) is 3.24. The first kappa shape index (κ1) is 19.8. The van der Waals surface area contributed by atoms with Crippen LogP contribution in [0.3, 0.4) is 0 Å². The molecular formula is C17H26N2O3. The van der Waals surface area contributed by atoms with Crippen molar-refractivity contribution < 1.29 is 14.4 Å². The van der Waals surface area contributed by atoms with E-state index < -0.39 is 6.04 Å². The van der Waals surface area contributed by atoms with Crippen molar-refractivity contribution in [2.75, 3.05) is 13.6 Å². The summed E-state index contributed by atoms with van der Waals surface area (Å²) in [6.45, 7) is 9.84. The molecule has 122 valence electrons. The zero-order valence-electron chi connectivity index (χ0n) is 13.9. The number of nitrogens with zero attached hydrogens (tertiary/aromatic N) is 1. The molecule has 0 fully saturated rings. The van der Waals surface area contributed by atoms with Gasteiger partial charge in [0.25, 0.3) is 5.91 Å². The van der Waals surface area contributed by atoms with Gasteiger partial charge < -0.3 is 15.0 Å². The van der Waals surface area contributed by atoms with Crippen LogP contribution in [0.25, 0.3) is 0 Å². The van der Waals surface area contributed by atoms with Gasteiger partial charge in [-0.3, -0.25) is 9.59 Å². The fourth-order valence-corrected chi connectivity index (χ4v) is 2.20. The van der Waals surface area contributed by atoms with Crippen molar-refractivity contribution in [2.24, 2.45) is 0 Å². The molecule has 0 aromatic heterocycles. The molecule has 0 saturated carbocycles. The van der Waals surface area contributed by atoms with E-state index in [-0.39, 0.29) is 18.2 Å². The summed E-state index contributed by atoms with van der Waals surface area (Å²) in [7, 11) is 1.52. The molecule has 1 aliphatic rings. The van der Waals surface area contributed by atoms with E-state index in [4.69, 9.17) is 0 Å². The lowest BCUT2D eigenvalue weighted by Gasteiger charge is -2.26. The first-order chi connectivity index (χ1) is 10.6. The number of amides is 2. The zero-order valence-corrected chi connectivity index (χ0v) is 13.9. The topological polar surface area (TPSA) is 66.5 Å². The normalized spacial score (nSPS) is 15.5. The number of nitrogens with one attached hydrogen (secondary N) is 1. The first-order valence-electron chi connectivity index (χ1n) is 7.51. The molecular weight excluding hydrogens is 280 g/mol. The summed E-state index contributed by atoms with van der Waals surface area (Å²) in [6.07, 6.45) is 6.33. The van der Waals surface area contributed by atoms with Gasteiger partial charge in [0.2, 0.25) is 5.91 Å². The Morgan fingerprint density at radius 3 is 2.59 bits per heavy atom. The van der Waals surface area contributed by atoms with Crippen molar-refractivity contribution in [2.45, 2.75) is 39.7 Å². The van der Waals surface area contributed by atoms with E-state index >= 15 is 0 Å². The Morgan fingerprint density at radius 1 is 1.45 bits per heavy atom. The third-order valence-electron chi connectivity index (χ3n) is 3.24. The van der Waals surface area contributed by atoms with Crippen molar-refractivity contribution in [1.82, 2.24) is 10.2 Å². The van der Waals surface area contributed by atoms with Crippen LogP contribution in [-0.4, -0.2) is 42.6 Å². The molecule has 1 atom stereocenters. The van der Waals surface area contributed by atoms with Gasteiger partial charge in [-0.25, -0.2) is 0 Å². The van der Waals surface area contributed by atoms with E-state index in [1.54, 1.807) is 18.2 Å². The van der Waals surface area contributed by atoms with Gasteiger partial charge >= 0.3 is 0 Å². The van der Waals surface area contributed by atoms with Gasteiger partial charge in [0.1, 0.15) is 12.3 Å². The predicted molar refractivity (Wildman–Crippen MR) is 88.3 cm³/mol. The minimum atomic E-state index is -0.609. The number of aldehydes is 1. The van der Waals surface area contributed by atoms with Crippen LogP contribution in [0.2, 0.25) is 0 Å². The van der Waals surface area contributed by atoms with Gasteiger partial charge in [-0.1, -0.05) is 32.6 Å². The highest BCUT2D eigenvalue weighted by Crippen LogP contribution is 2.23. The molecule has 1 unspecified atom stereocenters. The van der Waals surface area contributed by atoms with Crippen LogP contribution in [0.5, 0.6) is 0 Å². The van der Waals surface area contributed by atoms with Crippen LogP contribution >= 0.6 is 0 Å². The highest BCUT2D eigenvalue weighted by Gasteiger charge is 2.35. The van der Waals surface area contributed by atoms with E-state index in [2.05, 4.69) is 11.9 Å². The summed E-state index contributed by atoms with van der Waals surface area (Å²) in [5.74, 6) is -0.429. The molecule has 2 amide bonds. The molecule has 5 nitrogen and oxygen atoms in total. The minimum Gasteiger partial charge on any atom is -0.357 e. The third kappa shape index (κ3) is 4.98. The van der Waals surface area contributed by atoms with Crippen LogP contribution in [-0.2, 0) is 14.4 Å². The van der Waals surface area contributed by atoms with Gasteiger partial charge in [-0.05, 0) is 25.0 Å². The highest BCUT2D eigenvalue weighted by molar-refractivity contribution is 6.02. The molecule has 0 spiro atoms. The average molecular weight is 306 g/mol. The molecule has 0 aromatic carbocycles. The van der Waals surface area contributed by atoms with Crippen molar-refractivity contribution in [1.29, 1.82) is 0 Å². The van der Waals surface area contributed by atoms with Crippen molar-refractivity contribution in [3.05, 3.63) is 36.0 Å². The van der Waals surface area contributed by atoms with E-state index in [0.29, 0.717) is 18.5 Å². The summed E-state index contributed by atoms with van der Waals surface area (Å²) < 4.78 is 0. The standard InChI is InChI=1S/C15H20N2O3.C2H6/c1-4-5-7-12-11(2)10-17(15(12)20)13(8-6-9-18)14(19)16-3;1-2/h4-5,7,9,13H,1,6,8,10H2,2-3H3,(H,16,19);1-2H3/b7-5-;. The lowest BCUT2D eigenvalue weighted by molar-refractivity contribution is -0.136. The predicted octanol–water partition coefficient (Wildman–Crippen LogP) is 2.01. The maximum absolute atomic E-state index is 12.4. The lowest BCUT2D eigenvalue weighted by atomic mass is 10.1. The fourth-order valence-electron chi connectivity index (χ4n) is 2.20. The van der Waals surface area contributed by atoms with Gasteiger partial charge in [-0.15, -0.1) is 0 Å². The second-order valence-electron chi connectivity index (χ2n) is 4.60.